The molecule has 7 nitrogen and oxygen atoms in total. The van der Waals surface area contributed by atoms with E-state index >= 15 is 0 Å². The second-order valence-corrected chi connectivity index (χ2v) is 8.83. The van der Waals surface area contributed by atoms with Crippen molar-refractivity contribution in [1.82, 2.24) is 15.0 Å². The van der Waals surface area contributed by atoms with Crippen LogP contribution in [0.5, 0.6) is 0 Å². The minimum atomic E-state index is -3.30. The molecule has 0 atom stereocenters. The number of piperidine rings is 1. The second kappa shape index (κ2) is 6.59. The van der Waals surface area contributed by atoms with Gasteiger partial charge in [-0.3, -0.25) is 4.79 Å². The number of carbonyl (C=O) groups is 1. The van der Waals surface area contributed by atoms with Crippen LogP contribution in [-0.4, -0.2) is 53.5 Å². The van der Waals surface area contributed by atoms with Crippen LogP contribution in [0.25, 0.3) is 0 Å². The van der Waals surface area contributed by atoms with Crippen LogP contribution in [0.2, 0.25) is 0 Å². The maximum Gasteiger partial charge on any atom is 0.237 e. The van der Waals surface area contributed by atoms with E-state index in [4.69, 9.17) is 4.52 Å². The molecule has 2 fully saturated rings. The van der Waals surface area contributed by atoms with Crippen LogP contribution >= 0.6 is 0 Å². The van der Waals surface area contributed by atoms with Crippen LogP contribution in [0.15, 0.2) is 4.52 Å². The van der Waals surface area contributed by atoms with Gasteiger partial charge in [0.15, 0.2) is 15.7 Å². The number of nitrogens with zero attached hydrogens (tertiary/aromatic N) is 3. The zero-order chi connectivity index (χ0) is 16.4. The van der Waals surface area contributed by atoms with Crippen molar-refractivity contribution in [1.29, 1.82) is 0 Å². The number of aromatic nitrogens is 2. The minimum absolute atomic E-state index is 0.159. The Kier molecular flexibility index (Phi) is 4.70. The van der Waals surface area contributed by atoms with Crippen LogP contribution in [0.3, 0.4) is 0 Å². The van der Waals surface area contributed by atoms with Gasteiger partial charge in [-0.2, -0.15) is 4.98 Å². The maximum atomic E-state index is 12.3. The van der Waals surface area contributed by atoms with Gasteiger partial charge in [-0.25, -0.2) is 8.42 Å². The van der Waals surface area contributed by atoms with Crippen molar-refractivity contribution in [3.63, 3.8) is 0 Å². The van der Waals surface area contributed by atoms with Crippen molar-refractivity contribution in [2.75, 3.05) is 18.8 Å². The first-order chi connectivity index (χ1) is 11.0. The summed E-state index contributed by atoms with van der Waals surface area (Å²) in [5.74, 6) is 0.778. The Hall–Kier alpha value is -1.44. The van der Waals surface area contributed by atoms with E-state index in [1.807, 2.05) is 0 Å². The van der Waals surface area contributed by atoms with Crippen molar-refractivity contribution in [2.45, 2.75) is 56.6 Å². The van der Waals surface area contributed by atoms with Crippen LogP contribution < -0.4 is 0 Å². The van der Waals surface area contributed by atoms with Crippen LogP contribution in [-0.2, 0) is 14.6 Å². The van der Waals surface area contributed by atoms with Gasteiger partial charge in [0.25, 0.3) is 0 Å². The molecule has 0 spiro atoms. The third-order valence-electron chi connectivity index (χ3n) is 4.87. The molecule has 3 rings (SSSR count). The first kappa shape index (κ1) is 16.4. The number of carbonyl (C=O) groups excluding carboxylic acids is 1. The normalized spacial score (nSPS) is 21.0. The average Bonchev–Trinajstić information content (AvgIpc) is 3.18. The van der Waals surface area contributed by atoms with Gasteiger partial charge in [-0.1, -0.05) is 18.0 Å². The lowest BCUT2D eigenvalue weighted by atomic mass is 9.97. The smallest absolute Gasteiger partial charge is 0.237 e. The Bertz CT molecular complexity index is 656. The number of amides is 1. The lowest BCUT2D eigenvalue weighted by Crippen LogP contribution is -2.42. The molecule has 1 aromatic rings. The highest BCUT2D eigenvalue weighted by atomic mass is 32.2. The lowest BCUT2D eigenvalue weighted by Gasteiger charge is -2.30. The maximum absolute atomic E-state index is 12.3. The molecule has 0 unspecified atom stereocenters. The summed E-state index contributed by atoms with van der Waals surface area (Å²) in [5, 5.41) is 3.48. The van der Waals surface area contributed by atoms with Crippen LogP contribution in [0.1, 0.15) is 56.2 Å². The van der Waals surface area contributed by atoms with Crippen molar-refractivity contribution < 1.29 is 17.7 Å². The van der Waals surface area contributed by atoms with E-state index in [1.165, 1.54) is 0 Å². The highest BCUT2D eigenvalue weighted by Crippen LogP contribution is 2.28. The Morgan fingerprint density at radius 1 is 1.22 bits per heavy atom. The first-order valence-electron chi connectivity index (χ1n) is 8.25. The number of sulfone groups is 1. The Labute approximate surface area is 136 Å². The molecular formula is C15H23N3O4S. The van der Waals surface area contributed by atoms with Gasteiger partial charge < -0.3 is 9.42 Å². The summed E-state index contributed by atoms with van der Waals surface area (Å²) in [5.41, 5.74) is 0. The molecule has 0 bridgehead atoms. The molecule has 8 heteroatoms. The summed E-state index contributed by atoms with van der Waals surface area (Å²) >= 11 is 0. The standard InChI is InChI=1S/C15H23N3O4S/c1-11-16-15(22-17-11)12-6-8-18(9-7-12)14(19)10-23(20,21)13-4-2-3-5-13/h12-13H,2-10H2,1H3. The monoisotopic (exact) mass is 341 g/mol. The van der Waals surface area contributed by atoms with Crippen molar-refractivity contribution >= 4 is 15.7 Å². The van der Waals surface area contributed by atoms with E-state index in [-0.39, 0.29) is 22.8 Å². The summed E-state index contributed by atoms with van der Waals surface area (Å²) in [7, 11) is -3.30. The predicted molar refractivity (Wildman–Crippen MR) is 83.6 cm³/mol. The fraction of sp³-hybridized carbons (Fsp3) is 0.800. The van der Waals surface area contributed by atoms with Gasteiger partial charge >= 0.3 is 0 Å². The quantitative estimate of drug-likeness (QED) is 0.822. The van der Waals surface area contributed by atoms with E-state index in [1.54, 1.807) is 11.8 Å². The van der Waals surface area contributed by atoms with Gasteiger partial charge in [0, 0.05) is 19.0 Å². The molecule has 1 saturated heterocycles. The highest BCUT2D eigenvalue weighted by Gasteiger charge is 2.34. The van der Waals surface area contributed by atoms with E-state index in [9.17, 15) is 13.2 Å². The molecular weight excluding hydrogens is 318 g/mol. The van der Waals surface area contributed by atoms with E-state index < -0.39 is 9.84 Å². The van der Waals surface area contributed by atoms with Gasteiger partial charge in [0.2, 0.25) is 11.8 Å². The van der Waals surface area contributed by atoms with Crippen LogP contribution in [0.4, 0.5) is 0 Å². The Morgan fingerprint density at radius 3 is 2.43 bits per heavy atom. The fourth-order valence-corrected chi connectivity index (χ4v) is 5.30. The minimum Gasteiger partial charge on any atom is -0.342 e. The van der Waals surface area contributed by atoms with Crippen molar-refractivity contribution in [3.8, 4) is 0 Å². The molecule has 128 valence electrons. The number of hydrogen-bond acceptors (Lipinski definition) is 6. The fourth-order valence-electron chi connectivity index (χ4n) is 3.48. The Balaban J connectivity index is 1.54. The highest BCUT2D eigenvalue weighted by molar-refractivity contribution is 7.92. The molecule has 0 aromatic carbocycles. The van der Waals surface area contributed by atoms with Gasteiger partial charge in [0.05, 0.1) is 5.25 Å². The molecule has 0 N–H and O–H groups in total. The molecule has 2 aliphatic rings. The molecule has 0 radical (unpaired) electrons. The summed E-state index contributed by atoms with van der Waals surface area (Å²) in [6, 6.07) is 0. The van der Waals surface area contributed by atoms with Gasteiger partial charge in [-0.05, 0) is 32.6 Å². The zero-order valence-corrected chi connectivity index (χ0v) is 14.2. The largest absolute Gasteiger partial charge is 0.342 e. The lowest BCUT2D eigenvalue weighted by molar-refractivity contribution is -0.129. The van der Waals surface area contributed by atoms with Crippen molar-refractivity contribution in [3.05, 3.63) is 11.7 Å². The number of likely N-dealkylation sites (tertiary alicyclic amines) is 1. The Morgan fingerprint density at radius 2 is 1.87 bits per heavy atom. The van der Waals surface area contributed by atoms with Gasteiger partial charge in [0.1, 0.15) is 5.75 Å². The third kappa shape index (κ3) is 3.73. The predicted octanol–water partition coefficient (Wildman–Crippen LogP) is 1.44. The molecule has 1 aliphatic heterocycles. The number of aryl methyl sites for hydroxylation is 1. The topological polar surface area (TPSA) is 93.4 Å². The van der Waals surface area contributed by atoms with Crippen LogP contribution in [0, 0.1) is 6.92 Å². The van der Waals surface area contributed by atoms with Crippen molar-refractivity contribution in [2.24, 2.45) is 0 Å². The number of hydrogen-bond donors (Lipinski definition) is 0. The SMILES string of the molecule is Cc1noc(C2CCN(C(=O)CS(=O)(=O)C3CCCC3)CC2)n1. The van der Waals surface area contributed by atoms with E-state index in [0.717, 1.165) is 25.7 Å². The summed E-state index contributed by atoms with van der Waals surface area (Å²) in [4.78, 5) is 18.2. The number of rotatable bonds is 4. The zero-order valence-electron chi connectivity index (χ0n) is 13.4. The average molecular weight is 341 g/mol. The molecule has 1 amide bonds. The summed E-state index contributed by atoms with van der Waals surface area (Å²) in [6.07, 6.45) is 4.77. The molecule has 1 saturated carbocycles. The molecule has 1 aliphatic carbocycles. The van der Waals surface area contributed by atoms with E-state index in [0.29, 0.717) is 37.6 Å². The van der Waals surface area contributed by atoms with E-state index in [2.05, 4.69) is 10.1 Å². The first-order valence-corrected chi connectivity index (χ1v) is 9.97. The molecule has 2 heterocycles. The summed E-state index contributed by atoms with van der Waals surface area (Å²) in [6.45, 7) is 2.87. The molecule has 1 aromatic heterocycles. The van der Waals surface area contributed by atoms with Gasteiger partial charge in [-0.15, -0.1) is 0 Å². The third-order valence-corrected chi connectivity index (χ3v) is 7.01. The molecule has 23 heavy (non-hydrogen) atoms. The summed E-state index contributed by atoms with van der Waals surface area (Å²) < 4.78 is 29.8. The second-order valence-electron chi connectivity index (χ2n) is 6.55.